The highest BCUT2D eigenvalue weighted by Crippen LogP contribution is 2.25. The number of rotatable bonds is 5. The van der Waals surface area contributed by atoms with Gasteiger partial charge in [0.1, 0.15) is 12.1 Å². The molecule has 3 heterocycles. The number of halogens is 1. The van der Waals surface area contributed by atoms with Crippen molar-refractivity contribution in [3.63, 3.8) is 0 Å². The molecule has 148 valence electrons. The minimum atomic E-state index is -0.0685. The van der Waals surface area contributed by atoms with Gasteiger partial charge in [0.25, 0.3) is 0 Å². The van der Waals surface area contributed by atoms with E-state index in [0.717, 1.165) is 11.4 Å². The van der Waals surface area contributed by atoms with Gasteiger partial charge < -0.3 is 5.32 Å². The lowest BCUT2D eigenvalue weighted by Gasteiger charge is -2.10. The normalized spacial score (nSPS) is 11.3. The Morgan fingerprint density at radius 3 is 2.79 bits per heavy atom. The van der Waals surface area contributed by atoms with Crippen LogP contribution in [0.25, 0.3) is 22.5 Å². The van der Waals surface area contributed by atoms with Crippen molar-refractivity contribution in [2.75, 3.05) is 5.32 Å². The Labute approximate surface area is 172 Å². The molecule has 4 rings (SSSR count). The van der Waals surface area contributed by atoms with Crippen molar-refractivity contribution >= 4 is 34.4 Å². The second-order valence-corrected chi connectivity index (χ2v) is 7.64. The Bertz CT molecular complexity index is 1190. The Kier molecular flexibility index (Phi) is 5.02. The lowest BCUT2D eigenvalue weighted by molar-refractivity contribution is -0.116. The molecule has 4 aromatic rings. The molecular formula is C20H20ClN7O. The molecule has 8 nitrogen and oxygen atoms in total. The SMILES string of the molecule is Cc1cc(NC(=O)CC(C)C)n(-c2ncnc3c2cnn3-c2cccc(Cl)c2)n1. The summed E-state index contributed by atoms with van der Waals surface area (Å²) in [6.07, 6.45) is 3.57. The summed E-state index contributed by atoms with van der Waals surface area (Å²) in [5, 5.41) is 13.2. The van der Waals surface area contributed by atoms with E-state index in [1.54, 1.807) is 21.6 Å². The average Bonchev–Trinajstić information content (AvgIpc) is 3.24. The highest BCUT2D eigenvalue weighted by Gasteiger charge is 2.18. The zero-order valence-corrected chi connectivity index (χ0v) is 17.1. The highest BCUT2D eigenvalue weighted by molar-refractivity contribution is 6.30. The van der Waals surface area contributed by atoms with E-state index in [1.807, 2.05) is 45.0 Å². The molecule has 0 saturated carbocycles. The molecule has 0 saturated heterocycles. The van der Waals surface area contributed by atoms with Gasteiger partial charge in [0.2, 0.25) is 5.91 Å². The van der Waals surface area contributed by atoms with Gasteiger partial charge in [0, 0.05) is 17.5 Å². The molecule has 9 heteroatoms. The number of aryl methyl sites for hydroxylation is 1. The molecule has 3 aromatic heterocycles. The first kappa shape index (κ1) is 19.1. The summed E-state index contributed by atoms with van der Waals surface area (Å²) in [4.78, 5) is 21.1. The molecule has 1 aromatic carbocycles. The molecule has 29 heavy (non-hydrogen) atoms. The van der Waals surface area contributed by atoms with Crippen molar-refractivity contribution in [3.8, 4) is 11.5 Å². The number of nitrogens with one attached hydrogen (secondary N) is 1. The van der Waals surface area contributed by atoms with Crippen LogP contribution in [0.15, 0.2) is 42.9 Å². The fraction of sp³-hybridized carbons (Fsp3) is 0.250. The van der Waals surface area contributed by atoms with Crippen LogP contribution in [0.2, 0.25) is 5.02 Å². The van der Waals surface area contributed by atoms with Crippen LogP contribution in [-0.4, -0.2) is 35.4 Å². The minimum absolute atomic E-state index is 0.0685. The molecule has 0 radical (unpaired) electrons. The number of fused-ring (bicyclic) bond motifs is 1. The van der Waals surface area contributed by atoms with Crippen LogP contribution in [0.4, 0.5) is 5.82 Å². The van der Waals surface area contributed by atoms with Crippen molar-refractivity contribution in [1.29, 1.82) is 0 Å². The highest BCUT2D eigenvalue weighted by atomic mass is 35.5. The topological polar surface area (TPSA) is 90.5 Å². The van der Waals surface area contributed by atoms with Gasteiger partial charge in [-0.15, -0.1) is 0 Å². The van der Waals surface area contributed by atoms with Gasteiger partial charge in [-0.25, -0.2) is 14.6 Å². The van der Waals surface area contributed by atoms with Crippen LogP contribution in [-0.2, 0) is 4.79 Å². The number of anilines is 1. The number of nitrogens with zero attached hydrogens (tertiary/aromatic N) is 6. The smallest absolute Gasteiger partial charge is 0.225 e. The molecule has 0 aliphatic carbocycles. The third-order valence-electron chi connectivity index (χ3n) is 4.29. The Hall–Kier alpha value is -3.26. The fourth-order valence-electron chi connectivity index (χ4n) is 3.11. The predicted octanol–water partition coefficient (Wildman–Crippen LogP) is 3.95. The van der Waals surface area contributed by atoms with Crippen molar-refractivity contribution in [1.82, 2.24) is 29.5 Å². The first-order chi connectivity index (χ1) is 13.9. The third kappa shape index (κ3) is 3.84. The molecule has 0 bridgehead atoms. The van der Waals surface area contributed by atoms with Gasteiger partial charge in [-0.05, 0) is 31.0 Å². The van der Waals surface area contributed by atoms with Crippen molar-refractivity contribution < 1.29 is 4.79 Å². The van der Waals surface area contributed by atoms with Crippen LogP contribution in [0, 0.1) is 12.8 Å². The Morgan fingerprint density at radius 1 is 1.21 bits per heavy atom. The fourth-order valence-corrected chi connectivity index (χ4v) is 3.30. The first-order valence-electron chi connectivity index (χ1n) is 9.24. The average molecular weight is 410 g/mol. The molecule has 0 aliphatic heterocycles. The zero-order valence-electron chi connectivity index (χ0n) is 16.3. The first-order valence-corrected chi connectivity index (χ1v) is 9.61. The monoisotopic (exact) mass is 409 g/mol. The Balaban J connectivity index is 1.79. The van der Waals surface area contributed by atoms with E-state index in [0.29, 0.717) is 34.1 Å². The minimum Gasteiger partial charge on any atom is -0.311 e. The molecule has 1 N–H and O–H groups in total. The second kappa shape index (κ2) is 7.63. The molecule has 0 spiro atoms. The van der Waals surface area contributed by atoms with E-state index in [4.69, 9.17) is 11.6 Å². The summed E-state index contributed by atoms with van der Waals surface area (Å²) >= 11 is 6.12. The lowest BCUT2D eigenvalue weighted by atomic mass is 10.1. The van der Waals surface area contributed by atoms with Crippen LogP contribution in [0.3, 0.4) is 0 Å². The van der Waals surface area contributed by atoms with E-state index in [1.165, 1.54) is 6.33 Å². The van der Waals surface area contributed by atoms with Crippen molar-refractivity contribution in [2.45, 2.75) is 27.2 Å². The predicted molar refractivity (Wildman–Crippen MR) is 112 cm³/mol. The molecule has 0 atom stereocenters. The van der Waals surface area contributed by atoms with E-state index in [2.05, 4.69) is 25.5 Å². The van der Waals surface area contributed by atoms with Crippen LogP contribution in [0.5, 0.6) is 0 Å². The lowest BCUT2D eigenvalue weighted by Crippen LogP contribution is -2.17. The molecule has 0 unspecified atom stereocenters. The maximum atomic E-state index is 12.3. The number of carbonyl (C=O) groups excluding carboxylic acids is 1. The van der Waals surface area contributed by atoms with Crippen molar-refractivity contribution in [2.24, 2.45) is 5.92 Å². The summed E-state index contributed by atoms with van der Waals surface area (Å²) in [6.45, 7) is 5.86. The molecular weight excluding hydrogens is 390 g/mol. The number of amides is 1. The number of aromatic nitrogens is 6. The van der Waals surface area contributed by atoms with E-state index < -0.39 is 0 Å². The molecule has 0 aliphatic rings. The van der Waals surface area contributed by atoms with Gasteiger partial charge in [0.05, 0.1) is 23.0 Å². The summed E-state index contributed by atoms with van der Waals surface area (Å²) in [7, 11) is 0. The number of carbonyl (C=O) groups is 1. The number of benzene rings is 1. The standard InChI is InChI=1S/C20H20ClN7O/c1-12(2)7-18(29)25-17-8-13(3)26-28(17)20-16-10-24-27(19(16)22-11-23-20)15-6-4-5-14(21)9-15/h4-6,8-12H,7H2,1-3H3,(H,25,29). The quantitative estimate of drug-likeness (QED) is 0.539. The van der Waals surface area contributed by atoms with Crippen LogP contribution < -0.4 is 5.32 Å². The Morgan fingerprint density at radius 2 is 2.03 bits per heavy atom. The maximum absolute atomic E-state index is 12.3. The summed E-state index contributed by atoms with van der Waals surface area (Å²) < 4.78 is 3.31. The third-order valence-corrected chi connectivity index (χ3v) is 4.53. The maximum Gasteiger partial charge on any atom is 0.225 e. The van der Waals surface area contributed by atoms with Gasteiger partial charge in [0.15, 0.2) is 11.5 Å². The zero-order chi connectivity index (χ0) is 20.5. The van der Waals surface area contributed by atoms with Gasteiger partial charge >= 0.3 is 0 Å². The van der Waals surface area contributed by atoms with E-state index in [-0.39, 0.29) is 11.8 Å². The van der Waals surface area contributed by atoms with Gasteiger partial charge in [-0.3, -0.25) is 4.79 Å². The number of hydrogen-bond donors (Lipinski definition) is 1. The van der Waals surface area contributed by atoms with Gasteiger partial charge in [-0.1, -0.05) is 31.5 Å². The summed E-state index contributed by atoms with van der Waals surface area (Å²) in [5.41, 5.74) is 2.17. The second-order valence-electron chi connectivity index (χ2n) is 7.20. The van der Waals surface area contributed by atoms with Crippen LogP contribution >= 0.6 is 11.6 Å². The van der Waals surface area contributed by atoms with Crippen molar-refractivity contribution in [3.05, 3.63) is 53.6 Å². The van der Waals surface area contributed by atoms with E-state index >= 15 is 0 Å². The van der Waals surface area contributed by atoms with Crippen LogP contribution in [0.1, 0.15) is 26.0 Å². The number of hydrogen-bond acceptors (Lipinski definition) is 5. The summed E-state index contributed by atoms with van der Waals surface area (Å²) in [6, 6.07) is 9.18. The largest absolute Gasteiger partial charge is 0.311 e. The van der Waals surface area contributed by atoms with E-state index in [9.17, 15) is 4.79 Å². The summed E-state index contributed by atoms with van der Waals surface area (Å²) in [5.74, 6) is 1.29. The van der Waals surface area contributed by atoms with Gasteiger partial charge in [-0.2, -0.15) is 14.9 Å². The molecule has 1 amide bonds. The molecule has 0 fully saturated rings.